The lowest BCUT2D eigenvalue weighted by molar-refractivity contribution is -0.125. The number of ether oxygens (including phenoxy) is 2. The molecule has 2 fully saturated rings. The molecule has 1 spiro atoms. The van der Waals surface area contributed by atoms with E-state index in [0.717, 1.165) is 55.1 Å². The molecule has 3 aromatic rings. The van der Waals surface area contributed by atoms with Crippen LogP contribution in [-0.2, 0) is 38.4 Å². The molecule has 12 heteroatoms. The van der Waals surface area contributed by atoms with Gasteiger partial charge in [0.25, 0.3) is 5.91 Å². The van der Waals surface area contributed by atoms with Crippen molar-refractivity contribution in [1.82, 2.24) is 14.1 Å². The minimum absolute atomic E-state index is 0.000165. The van der Waals surface area contributed by atoms with Crippen molar-refractivity contribution in [1.29, 1.82) is 0 Å². The number of hydrogen-bond donors (Lipinski definition) is 1. The molecular formula is C37H49N5O6S. The van der Waals surface area contributed by atoms with E-state index in [2.05, 4.69) is 34.3 Å². The van der Waals surface area contributed by atoms with Gasteiger partial charge < -0.3 is 24.9 Å². The second kappa shape index (κ2) is 17.1. The van der Waals surface area contributed by atoms with Crippen molar-refractivity contribution in [2.24, 2.45) is 10.9 Å². The Balaban J connectivity index is 0.000000330. The summed E-state index contributed by atoms with van der Waals surface area (Å²) >= 11 is 0. The van der Waals surface area contributed by atoms with Crippen LogP contribution in [-0.4, -0.2) is 99.8 Å². The van der Waals surface area contributed by atoms with Crippen LogP contribution in [0.3, 0.4) is 0 Å². The second-order valence-corrected chi connectivity index (χ2v) is 14.7. The predicted octanol–water partition coefficient (Wildman–Crippen LogP) is 4.07. The zero-order chi connectivity index (χ0) is 34.7. The van der Waals surface area contributed by atoms with E-state index in [9.17, 15) is 13.2 Å². The minimum atomic E-state index is -3.40. The summed E-state index contributed by atoms with van der Waals surface area (Å²) in [4.78, 5) is 23.3. The van der Waals surface area contributed by atoms with Crippen molar-refractivity contribution >= 4 is 21.6 Å². The fourth-order valence-electron chi connectivity index (χ4n) is 6.47. The molecule has 6 rings (SSSR count). The molecule has 2 N–H and O–H groups in total. The Morgan fingerprint density at radius 1 is 0.837 bits per heavy atom. The largest absolute Gasteiger partial charge is 0.493 e. The molecule has 3 aliphatic rings. The highest BCUT2D eigenvalue weighted by atomic mass is 32.2. The minimum Gasteiger partial charge on any atom is -0.493 e. The summed E-state index contributed by atoms with van der Waals surface area (Å²) < 4.78 is 37.5. The summed E-state index contributed by atoms with van der Waals surface area (Å²) in [5, 5.41) is 4.19. The Morgan fingerprint density at radius 3 is 2.08 bits per heavy atom. The molecular weight excluding hydrogens is 643 g/mol. The van der Waals surface area contributed by atoms with Gasteiger partial charge in [-0.3, -0.25) is 9.69 Å². The van der Waals surface area contributed by atoms with Gasteiger partial charge in [0.15, 0.2) is 11.5 Å². The molecule has 0 aliphatic carbocycles. The van der Waals surface area contributed by atoms with E-state index in [1.165, 1.54) is 5.56 Å². The number of aryl methyl sites for hydroxylation is 1. The number of piperidine rings is 1. The highest BCUT2D eigenvalue weighted by molar-refractivity contribution is 7.88. The van der Waals surface area contributed by atoms with Gasteiger partial charge >= 0.3 is 0 Å². The maximum atomic E-state index is 13.1. The molecule has 3 aliphatic heterocycles. The summed E-state index contributed by atoms with van der Waals surface area (Å²) in [5.74, 6) is 1.41. The quantitative estimate of drug-likeness (QED) is 0.319. The fourth-order valence-corrected chi connectivity index (χ4v) is 8.00. The number of carbonyl (C=O) groups excluding carboxylic acids is 1. The summed E-state index contributed by atoms with van der Waals surface area (Å²) in [6.45, 7) is 5.45. The molecule has 0 saturated carbocycles. The van der Waals surface area contributed by atoms with Crippen LogP contribution in [0.15, 0.2) is 84.0 Å². The summed E-state index contributed by atoms with van der Waals surface area (Å²) in [5.41, 5.74) is 8.56. The normalized spacial score (nSPS) is 17.9. The maximum absolute atomic E-state index is 13.1. The monoisotopic (exact) mass is 691 g/mol. The van der Waals surface area contributed by atoms with E-state index in [4.69, 9.17) is 20.0 Å². The topological polar surface area (TPSA) is 127 Å². The third-order valence-electron chi connectivity index (χ3n) is 9.43. The summed E-state index contributed by atoms with van der Waals surface area (Å²) in [6, 6.07) is 25.4. The molecule has 0 atom stereocenters. The molecule has 0 aromatic heterocycles. The Morgan fingerprint density at radius 2 is 1.47 bits per heavy atom. The lowest BCUT2D eigenvalue weighted by Crippen LogP contribution is -2.51. The van der Waals surface area contributed by atoms with Crippen molar-refractivity contribution in [2.75, 3.05) is 60.0 Å². The van der Waals surface area contributed by atoms with Crippen molar-refractivity contribution in [3.8, 4) is 11.5 Å². The van der Waals surface area contributed by atoms with Crippen LogP contribution >= 0.6 is 0 Å². The molecule has 264 valence electrons. The Kier molecular flexibility index (Phi) is 12.7. The maximum Gasteiger partial charge on any atom is 0.271 e. The first-order valence-corrected chi connectivity index (χ1v) is 18.6. The zero-order valence-electron chi connectivity index (χ0n) is 28.6. The van der Waals surface area contributed by atoms with E-state index in [-0.39, 0.29) is 11.7 Å². The molecule has 1 amide bonds. The number of methoxy groups -OCH3 is 2. The highest BCUT2D eigenvalue weighted by Gasteiger charge is 2.46. The van der Waals surface area contributed by atoms with Gasteiger partial charge in [0.05, 0.1) is 20.0 Å². The van der Waals surface area contributed by atoms with Crippen molar-refractivity contribution < 1.29 is 27.5 Å². The van der Waals surface area contributed by atoms with E-state index < -0.39 is 15.6 Å². The number of amides is 1. The molecule has 3 heterocycles. The first kappa shape index (κ1) is 36.3. The van der Waals surface area contributed by atoms with Gasteiger partial charge in [-0.25, -0.2) is 12.7 Å². The van der Waals surface area contributed by atoms with Crippen LogP contribution in [0.25, 0.3) is 0 Å². The van der Waals surface area contributed by atoms with Crippen LogP contribution in [0.2, 0.25) is 0 Å². The van der Waals surface area contributed by atoms with E-state index in [1.54, 1.807) is 18.5 Å². The number of oxime groups is 1. The van der Waals surface area contributed by atoms with Crippen molar-refractivity contribution in [2.45, 2.75) is 50.0 Å². The van der Waals surface area contributed by atoms with Gasteiger partial charge in [-0.2, -0.15) is 0 Å². The lowest BCUT2D eigenvalue weighted by Gasteiger charge is -2.37. The van der Waals surface area contributed by atoms with Crippen LogP contribution in [0.4, 0.5) is 0 Å². The molecule has 3 aromatic carbocycles. The van der Waals surface area contributed by atoms with Gasteiger partial charge in [0.1, 0.15) is 11.3 Å². The zero-order valence-corrected chi connectivity index (χ0v) is 29.4. The predicted molar refractivity (Wildman–Crippen MR) is 191 cm³/mol. The molecule has 0 radical (unpaired) electrons. The smallest absolute Gasteiger partial charge is 0.271 e. The highest BCUT2D eigenvalue weighted by Crippen LogP contribution is 2.36. The Hall–Kier alpha value is -3.97. The SMILES string of the molecule is COc1ccc(CN)cc1OC.O=C(C1=NOC2(CCN(S(=O)(=O)Cc3ccccc3)CC2)C1)N1CCN(CCCc2ccccc2)CC1. The van der Waals surface area contributed by atoms with Gasteiger partial charge in [0.2, 0.25) is 10.0 Å². The standard InChI is InChI=1S/C28H36N4O4S.C9H13NO2/c33-27(31-20-18-30(19-21-31)15-7-12-24-8-3-1-4-9-24)26-22-28(36-29-26)13-16-32(17-14-28)37(34,35)23-25-10-5-2-6-11-25;1-11-8-4-3-7(6-10)5-9(8)12-2/h1-6,8-11H,7,12-23H2;3-5H,6,10H2,1-2H3. The van der Waals surface area contributed by atoms with Gasteiger partial charge in [-0.1, -0.05) is 71.9 Å². The first-order chi connectivity index (χ1) is 23.7. The number of sulfonamides is 1. The van der Waals surface area contributed by atoms with Crippen LogP contribution < -0.4 is 15.2 Å². The summed E-state index contributed by atoms with van der Waals surface area (Å²) in [6.07, 6.45) is 3.71. The Labute approximate surface area is 290 Å². The number of nitrogens with two attached hydrogens (primary N) is 1. The fraction of sp³-hybridized carbons (Fsp3) is 0.459. The Bertz CT molecular complexity index is 1640. The van der Waals surface area contributed by atoms with Gasteiger partial charge in [0, 0.05) is 65.1 Å². The molecule has 11 nitrogen and oxygen atoms in total. The van der Waals surface area contributed by atoms with Crippen molar-refractivity contribution in [3.63, 3.8) is 0 Å². The molecule has 49 heavy (non-hydrogen) atoms. The average molecular weight is 692 g/mol. The number of carbonyl (C=O) groups is 1. The molecule has 0 unspecified atom stereocenters. The third-order valence-corrected chi connectivity index (χ3v) is 11.3. The second-order valence-electron chi connectivity index (χ2n) is 12.7. The van der Waals surface area contributed by atoms with Crippen LogP contribution in [0, 0.1) is 0 Å². The van der Waals surface area contributed by atoms with E-state index in [0.29, 0.717) is 57.7 Å². The third kappa shape index (κ3) is 9.81. The molecule has 2 saturated heterocycles. The number of rotatable bonds is 11. The van der Waals surface area contributed by atoms with E-state index in [1.807, 2.05) is 59.5 Å². The van der Waals surface area contributed by atoms with Gasteiger partial charge in [-0.15, -0.1) is 0 Å². The van der Waals surface area contributed by atoms with Crippen molar-refractivity contribution in [3.05, 3.63) is 95.6 Å². The first-order valence-electron chi connectivity index (χ1n) is 17.0. The molecule has 0 bridgehead atoms. The van der Waals surface area contributed by atoms with Crippen LogP contribution in [0.1, 0.15) is 42.4 Å². The average Bonchev–Trinajstić information content (AvgIpc) is 3.55. The van der Waals surface area contributed by atoms with E-state index >= 15 is 0 Å². The number of hydrogen-bond acceptors (Lipinski definition) is 9. The van der Waals surface area contributed by atoms with Gasteiger partial charge in [-0.05, 0) is 48.2 Å². The summed E-state index contributed by atoms with van der Waals surface area (Å²) in [7, 11) is -0.177. The number of piperazine rings is 1. The van der Waals surface area contributed by atoms with Crippen LogP contribution in [0.5, 0.6) is 11.5 Å². The number of benzene rings is 3. The lowest BCUT2D eigenvalue weighted by atomic mass is 9.87. The number of nitrogens with zero attached hydrogens (tertiary/aromatic N) is 4.